The minimum atomic E-state index is 0.685. The van der Waals surface area contributed by atoms with Crippen molar-refractivity contribution in [3.05, 3.63) is 24.3 Å². The van der Waals surface area contributed by atoms with E-state index in [0.29, 0.717) is 6.54 Å². The van der Waals surface area contributed by atoms with E-state index in [1.165, 1.54) is 6.42 Å². The molecule has 0 aliphatic rings. The van der Waals surface area contributed by atoms with Gasteiger partial charge in [0, 0.05) is 18.5 Å². The van der Waals surface area contributed by atoms with Crippen LogP contribution in [0.2, 0.25) is 0 Å². The van der Waals surface area contributed by atoms with E-state index in [9.17, 15) is 0 Å². The van der Waals surface area contributed by atoms with E-state index in [1.807, 2.05) is 24.3 Å². The molecule has 0 bridgehead atoms. The molecule has 5 heteroatoms. The number of nitrogens with one attached hydrogen (secondary N) is 2. The van der Waals surface area contributed by atoms with Gasteiger partial charge in [0.15, 0.2) is 5.65 Å². The third-order valence-corrected chi connectivity index (χ3v) is 3.08. The lowest BCUT2D eigenvalue weighted by atomic mass is 10.2. The van der Waals surface area contributed by atoms with Crippen LogP contribution in [0.1, 0.15) is 26.2 Å². The molecule has 2 heterocycles. The van der Waals surface area contributed by atoms with Gasteiger partial charge < -0.3 is 16.4 Å². The number of hydrogen-bond acceptors (Lipinski definition) is 5. The standard InChI is InChI=1S/C15H23N5/c1-2-3-10-17-13-7-5-12-6-8-14(18-11-4-9-16)20-15(12)19-13/h5-8H,2-4,9-11,16H2,1H3,(H2,17,18,19,20). The van der Waals surface area contributed by atoms with Gasteiger partial charge in [0.2, 0.25) is 0 Å². The molecular weight excluding hydrogens is 250 g/mol. The average molecular weight is 273 g/mol. The van der Waals surface area contributed by atoms with Crippen LogP contribution in [-0.2, 0) is 0 Å². The fraction of sp³-hybridized carbons (Fsp3) is 0.467. The molecular formula is C15H23N5. The van der Waals surface area contributed by atoms with Crippen LogP contribution in [0.3, 0.4) is 0 Å². The maximum Gasteiger partial charge on any atom is 0.163 e. The van der Waals surface area contributed by atoms with Crippen LogP contribution in [0.15, 0.2) is 24.3 Å². The number of anilines is 2. The van der Waals surface area contributed by atoms with Gasteiger partial charge in [-0.05, 0) is 43.7 Å². The summed E-state index contributed by atoms with van der Waals surface area (Å²) in [7, 11) is 0. The quantitative estimate of drug-likeness (QED) is 0.645. The van der Waals surface area contributed by atoms with Crippen LogP contribution in [0.5, 0.6) is 0 Å². The molecule has 0 unspecified atom stereocenters. The van der Waals surface area contributed by atoms with E-state index >= 15 is 0 Å². The van der Waals surface area contributed by atoms with Crippen molar-refractivity contribution in [1.82, 2.24) is 9.97 Å². The van der Waals surface area contributed by atoms with Crippen molar-refractivity contribution in [2.75, 3.05) is 30.3 Å². The molecule has 0 radical (unpaired) electrons. The molecule has 0 saturated carbocycles. The highest BCUT2D eigenvalue weighted by molar-refractivity contribution is 5.78. The Morgan fingerprint density at radius 1 is 0.950 bits per heavy atom. The summed E-state index contributed by atoms with van der Waals surface area (Å²) in [5, 5.41) is 7.63. The Hall–Kier alpha value is -1.88. The predicted octanol–water partition coefficient (Wildman–Crippen LogP) is 2.60. The van der Waals surface area contributed by atoms with Gasteiger partial charge in [-0.25, -0.2) is 9.97 Å². The lowest BCUT2D eigenvalue weighted by molar-refractivity contribution is 0.831. The third-order valence-electron chi connectivity index (χ3n) is 3.08. The molecule has 0 atom stereocenters. The van der Waals surface area contributed by atoms with Crippen LogP contribution in [0.4, 0.5) is 11.6 Å². The molecule has 0 aromatic carbocycles. The van der Waals surface area contributed by atoms with Crippen LogP contribution in [-0.4, -0.2) is 29.6 Å². The largest absolute Gasteiger partial charge is 0.370 e. The van der Waals surface area contributed by atoms with Gasteiger partial charge in [-0.1, -0.05) is 13.3 Å². The topological polar surface area (TPSA) is 75.9 Å². The summed E-state index contributed by atoms with van der Waals surface area (Å²) in [4.78, 5) is 9.08. The maximum absolute atomic E-state index is 5.48. The van der Waals surface area contributed by atoms with E-state index in [2.05, 4.69) is 27.5 Å². The zero-order valence-corrected chi connectivity index (χ0v) is 12.0. The second-order valence-electron chi connectivity index (χ2n) is 4.79. The van der Waals surface area contributed by atoms with Gasteiger partial charge in [0.05, 0.1) is 0 Å². The maximum atomic E-state index is 5.48. The average Bonchev–Trinajstić information content (AvgIpc) is 2.47. The van der Waals surface area contributed by atoms with Crippen LogP contribution >= 0.6 is 0 Å². The lowest BCUT2D eigenvalue weighted by Gasteiger charge is -2.08. The first kappa shape index (κ1) is 14.5. The number of rotatable bonds is 8. The summed E-state index contributed by atoms with van der Waals surface area (Å²) >= 11 is 0. The monoisotopic (exact) mass is 273 g/mol. The zero-order chi connectivity index (χ0) is 14.2. The van der Waals surface area contributed by atoms with Crippen molar-refractivity contribution < 1.29 is 0 Å². The smallest absolute Gasteiger partial charge is 0.163 e. The minimum absolute atomic E-state index is 0.685. The number of nitrogens with two attached hydrogens (primary N) is 1. The summed E-state index contributed by atoms with van der Waals surface area (Å²) in [6, 6.07) is 8.06. The molecule has 0 spiro atoms. The molecule has 2 rings (SSSR count). The van der Waals surface area contributed by atoms with Crippen LogP contribution in [0.25, 0.3) is 11.0 Å². The first-order valence-electron chi connectivity index (χ1n) is 7.29. The number of fused-ring (bicyclic) bond motifs is 1. The first-order valence-corrected chi connectivity index (χ1v) is 7.29. The number of nitrogens with zero attached hydrogens (tertiary/aromatic N) is 2. The van der Waals surface area contributed by atoms with E-state index in [0.717, 1.165) is 48.6 Å². The molecule has 0 aliphatic heterocycles. The molecule has 108 valence electrons. The number of aromatic nitrogens is 2. The Bertz CT molecular complexity index is 496. The van der Waals surface area contributed by atoms with E-state index < -0.39 is 0 Å². The van der Waals surface area contributed by atoms with Crippen molar-refractivity contribution in [3.63, 3.8) is 0 Å². The van der Waals surface area contributed by atoms with Crippen molar-refractivity contribution in [2.24, 2.45) is 5.73 Å². The minimum Gasteiger partial charge on any atom is -0.370 e. The Morgan fingerprint density at radius 2 is 1.55 bits per heavy atom. The second kappa shape index (κ2) is 7.65. The molecule has 0 amide bonds. The van der Waals surface area contributed by atoms with Gasteiger partial charge in [-0.3, -0.25) is 0 Å². The Balaban J connectivity index is 2.08. The van der Waals surface area contributed by atoms with E-state index in [4.69, 9.17) is 5.73 Å². The van der Waals surface area contributed by atoms with E-state index in [1.54, 1.807) is 0 Å². The summed E-state index contributed by atoms with van der Waals surface area (Å²) in [5.41, 5.74) is 6.25. The molecule has 0 saturated heterocycles. The Kier molecular flexibility index (Phi) is 5.55. The van der Waals surface area contributed by atoms with Gasteiger partial charge in [0.1, 0.15) is 11.6 Å². The van der Waals surface area contributed by atoms with Crippen molar-refractivity contribution in [3.8, 4) is 0 Å². The number of hydrogen-bond donors (Lipinski definition) is 3. The summed E-state index contributed by atoms with van der Waals surface area (Å²) < 4.78 is 0. The highest BCUT2D eigenvalue weighted by Gasteiger charge is 2.01. The lowest BCUT2D eigenvalue weighted by Crippen LogP contribution is -2.09. The fourth-order valence-electron chi connectivity index (χ4n) is 1.91. The fourth-order valence-corrected chi connectivity index (χ4v) is 1.91. The molecule has 0 aliphatic carbocycles. The summed E-state index contributed by atoms with van der Waals surface area (Å²) in [6.07, 6.45) is 3.26. The SMILES string of the molecule is CCCCNc1ccc2ccc(NCCCN)nc2n1. The zero-order valence-electron chi connectivity index (χ0n) is 12.0. The first-order chi connectivity index (χ1) is 9.83. The van der Waals surface area contributed by atoms with Crippen molar-refractivity contribution in [1.29, 1.82) is 0 Å². The van der Waals surface area contributed by atoms with Crippen molar-refractivity contribution >= 4 is 22.7 Å². The summed E-state index contributed by atoms with van der Waals surface area (Å²) in [5.74, 6) is 1.74. The second-order valence-corrected chi connectivity index (χ2v) is 4.79. The number of unbranched alkanes of at least 4 members (excludes halogenated alkanes) is 1. The van der Waals surface area contributed by atoms with Crippen LogP contribution < -0.4 is 16.4 Å². The summed E-state index contributed by atoms with van der Waals surface area (Å²) in [6.45, 7) is 4.65. The van der Waals surface area contributed by atoms with Gasteiger partial charge in [-0.15, -0.1) is 0 Å². The van der Waals surface area contributed by atoms with Gasteiger partial charge >= 0.3 is 0 Å². The molecule has 4 N–H and O–H groups in total. The molecule has 5 nitrogen and oxygen atoms in total. The van der Waals surface area contributed by atoms with Gasteiger partial charge in [0.25, 0.3) is 0 Å². The molecule has 0 fully saturated rings. The van der Waals surface area contributed by atoms with E-state index in [-0.39, 0.29) is 0 Å². The molecule has 20 heavy (non-hydrogen) atoms. The normalized spacial score (nSPS) is 10.7. The Morgan fingerprint density at radius 3 is 2.10 bits per heavy atom. The highest BCUT2D eigenvalue weighted by Crippen LogP contribution is 2.16. The molecule has 2 aromatic heterocycles. The highest BCUT2D eigenvalue weighted by atomic mass is 15.0. The Labute approximate surface area is 120 Å². The number of pyridine rings is 2. The van der Waals surface area contributed by atoms with Crippen LogP contribution in [0, 0.1) is 0 Å². The van der Waals surface area contributed by atoms with Crippen molar-refractivity contribution in [2.45, 2.75) is 26.2 Å². The van der Waals surface area contributed by atoms with Gasteiger partial charge in [-0.2, -0.15) is 0 Å². The molecule has 2 aromatic rings. The third kappa shape index (κ3) is 4.06. The predicted molar refractivity (Wildman–Crippen MR) is 85.1 cm³/mol.